The minimum atomic E-state index is -0.406. The third kappa shape index (κ3) is 1.93. The fraction of sp³-hybridized carbons (Fsp3) is 0. The first-order valence-electron chi connectivity index (χ1n) is 5.38. The summed E-state index contributed by atoms with van der Waals surface area (Å²) in [4.78, 5) is 22.7. The standard InChI is InChI=1S/C13H9N3O2/c17-13(9-3-5-14-6-4-9)18-10-1-2-11-12(7-10)16-8-15-11/h1-8H,(H,15,16). The van der Waals surface area contributed by atoms with Crippen molar-refractivity contribution in [2.75, 3.05) is 0 Å². The second-order valence-corrected chi connectivity index (χ2v) is 3.71. The summed E-state index contributed by atoms with van der Waals surface area (Å²) >= 11 is 0. The molecule has 0 saturated carbocycles. The number of nitrogens with zero attached hydrogens (tertiary/aromatic N) is 2. The van der Waals surface area contributed by atoms with Gasteiger partial charge < -0.3 is 9.72 Å². The topological polar surface area (TPSA) is 67.9 Å². The van der Waals surface area contributed by atoms with E-state index in [4.69, 9.17) is 4.74 Å². The van der Waals surface area contributed by atoms with E-state index in [1.807, 2.05) is 0 Å². The highest BCUT2D eigenvalue weighted by Crippen LogP contribution is 2.18. The number of imidazole rings is 1. The summed E-state index contributed by atoms with van der Waals surface area (Å²) in [6, 6.07) is 8.46. The van der Waals surface area contributed by atoms with Crippen LogP contribution in [0.5, 0.6) is 5.75 Å². The largest absolute Gasteiger partial charge is 0.423 e. The van der Waals surface area contributed by atoms with Crippen LogP contribution in [-0.4, -0.2) is 20.9 Å². The summed E-state index contributed by atoms with van der Waals surface area (Å²) < 4.78 is 5.26. The Morgan fingerprint density at radius 1 is 1.17 bits per heavy atom. The zero-order valence-electron chi connectivity index (χ0n) is 9.33. The van der Waals surface area contributed by atoms with Crippen LogP contribution in [0.3, 0.4) is 0 Å². The smallest absolute Gasteiger partial charge is 0.343 e. The number of fused-ring (bicyclic) bond motifs is 1. The number of nitrogens with one attached hydrogen (secondary N) is 1. The molecule has 0 aliphatic rings. The van der Waals surface area contributed by atoms with Crippen LogP contribution >= 0.6 is 0 Å². The quantitative estimate of drug-likeness (QED) is 0.549. The Kier molecular flexibility index (Phi) is 2.49. The summed E-state index contributed by atoms with van der Waals surface area (Å²) in [5.74, 6) is 0.0739. The summed E-state index contributed by atoms with van der Waals surface area (Å²) in [6.07, 6.45) is 4.70. The molecule has 0 atom stereocenters. The second-order valence-electron chi connectivity index (χ2n) is 3.71. The number of carbonyl (C=O) groups excluding carboxylic acids is 1. The molecule has 2 aromatic heterocycles. The molecular formula is C13H9N3O2. The highest BCUT2D eigenvalue weighted by atomic mass is 16.5. The van der Waals surface area contributed by atoms with E-state index in [-0.39, 0.29) is 0 Å². The molecule has 0 radical (unpaired) electrons. The van der Waals surface area contributed by atoms with E-state index in [2.05, 4.69) is 15.0 Å². The van der Waals surface area contributed by atoms with Crippen molar-refractivity contribution in [1.82, 2.24) is 15.0 Å². The van der Waals surface area contributed by atoms with Crippen LogP contribution in [-0.2, 0) is 0 Å². The Morgan fingerprint density at radius 2 is 2.00 bits per heavy atom. The van der Waals surface area contributed by atoms with Crippen molar-refractivity contribution in [2.24, 2.45) is 0 Å². The molecule has 0 amide bonds. The van der Waals surface area contributed by atoms with Gasteiger partial charge in [-0.1, -0.05) is 0 Å². The van der Waals surface area contributed by atoms with Gasteiger partial charge in [-0.3, -0.25) is 4.98 Å². The summed E-state index contributed by atoms with van der Waals surface area (Å²) in [5.41, 5.74) is 2.13. The number of carbonyl (C=O) groups is 1. The van der Waals surface area contributed by atoms with E-state index in [9.17, 15) is 4.79 Å². The summed E-state index contributed by atoms with van der Waals surface area (Å²) in [5, 5.41) is 0. The van der Waals surface area contributed by atoms with E-state index in [0.717, 1.165) is 11.0 Å². The van der Waals surface area contributed by atoms with Crippen molar-refractivity contribution in [3.8, 4) is 5.75 Å². The average molecular weight is 239 g/mol. The van der Waals surface area contributed by atoms with Gasteiger partial charge >= 0.3 is 5.97 Å². The van der Waals surface area contributed by atoms with Crippen molar-refractivity contribution >= 4 is 17.0 Å². The normalized spacial score (nSPS) is 10.4. The van der Waals surface area contributed by atoms with Crippen molar-refractivity contribution in [3.63, 3.8) is 0 Å². The monoisotopic (exact) mass is 239 g/mol. The van der Waals surface area contributed by atoms with Crippen LogP contribution in [0.1, 0.15) is 10.4 Å². The molecule has 0 aliphatic carbocycles. The lowest BCUT2D eigenvalue weighted by molar-refractivity contribution is 0.0735. The van der Waals surface area contributed by atoms with E-state index in [0.29, 0.717) is 11.3 Å². The number of hydrogen-bond donors (Lipinski definition) is 1. The molecule has 0 aliphatic heterocycles. The van der Waals surface area contributed by atoms with Crippen LogP contribution in [0.25, 0.3) is 11.0 Å². The predicted octanol–water partition coefficient (Wildman–Crippen LogP) is 2.18. The molecule has 0 bridgehead atoms. The maximum absolute atomic E-state index is 11.8. The number of aromatic amines is 1. The molecule has 2 heterocycles. The Bertz CT molecular complexity index is 692. The molecule has 5 nitrogen and oxygen atoms in total. The molecule has 18 heavy (non-hydrogen) atoms. The minimum absolute atomic E-state index is 0.406. The van der Waals surface area contributed by atoms with Crippen LogP contribution in [0.15, 0.2) is 49.1 Å². The second kappa shape index (κ2) is 4.29. The maximum Gasteiger partial charge on any atom is 0.343 e. The Labute approximate surface area is 102 Å². The van der Waals surface area contributed by atoms with Gasteiger partial charge in [-0.2, -0.15) is 0 Å². The number of rotatable bonds is 2. The lowest BCUT2D eigenvalue weighted by Gasteiger charge is -2.03. The fourth-order valence-corrected chi connectivity index (χ4v) is 1.63. The molecule has 1 aromatic carbocycles. The number of ether oxygens (including phenoxy) is 1. The van der Waals surface area contributed by atoms with Crippen LogP contribution in [0.4, 0.5) is 0 Å². The molecule has 0 saturated heterocycles. The third-order valence-electron chi connectivity index (χ3n) is 2.52. The first-order chi connectivity index (χ1) is 8.83. The van der Waals surface area contributed by atoms with Gasteiger partial charge in [0.1, 0.15) is 5.75 Å². The molecule has 3 aromatic rings. The summed E-state index contributed by atoms with van der Waals surface area (Å²) in [6.45, 7) is 0. The number of pyridine rings is 1. The highest BCUT2D eigenvalue weighted by Gasteiger charge is 2.08. The van der Waals surface area contributed by atoms with E-state index in [1.165, 1.54) is 0 Å². The van der Waals surface area contributed by atoms with Crippen LogP contribution in [0.2, 0.25) is 0 Å². The first-order valence-corrected chi connectivity index (χ1v) is 5.38. The number of H-pyrrole nitrogens is 1. The van der Waals surface area contributed by atoms with E-state index >= 15 is 0 Å². The van der Waals surface area contributed by atoms with Crippen molar-refractivity contribution in [1.29, 1.82) is 0 Å². The minimum Gasteiger partial charge on any atom is -0.423 e. The third-order valence-corrected chi connectivity index (χ3v) is 2.52. The van der Waals surface area contributed by atoms with Crippen LogP contribution in [0, 0.1) is 0 Å². The van der Waals surface area contributed by atoms with Gasteiger partial charge in [0, 0.05) is 18.5 Å². The number of benzene rings is 1. The highest BCUT2D eigenvalue weighted by molar-refractivity contribution is 5.91. The molecule has 88 valence electrons. The zero-order valence-corrected chi connectivity index (χ0v) is 9.33. The number of hydrogen-bond acceptors (Lipinski definition) is 4. The van der Waals surface area contributed by atoms with Gasteiger partial charge in [0.2, 0.25) is 0 Å². The van der Waals surface area contributed by atoms with Crippen molar-refractivity contribution < 1.29 is 9.53 Å². The van der Waals surface area contributed by atoms with Gasteiger partial charge in [-0.25, -0.2) is 9.78 Å². The summed E-state index contributed by atoms with van der Waals surface area (Å²) in [7, 11) is 0. The van der Waals surface area contributed by atoms with E-state index < -0.39 is 5.97 Å². The first kappa shape index (κ1) is 10.5. The number of esters is 1. The molecule has 0 unspecified atom stereocenters. The van der Waals surface area contributed by atoms with Gasteiger partial charge in [-0.05, 0) is 24.3 Å². The molecule has 0 fully saturated rings. The Morgan fingerprint density at radius 3 is 2.83 bits per heavy atom. The SMILES string of the molecule is O=C(Oc1ccc2nc[nH]c2c1)c1ccncc1. The lowest BCUT2D eigenvalue weighted by Crippen LogP contribution is -2.08. The van der Waals surface area contributed by atoms with Gasteiger partial charge in [0.05, 0.1) is 22.9 Å². The molecule has 1 N–H and O–H groups in total. The fourth-order valence-electron chi connectivity index (χ4n) is 1.63. The molecule has 3 rings (SSSR count). The van der Waals surface area contributed by atoms with Crippen LogP contribution < -0.4 is 4.74 Å². The molecule has 5 heteroatoms. The van der Waals surface area contributed by atoms with Crippen molar-refractivity contribution in [3.05, 3.63) is 54.6 Å². The Balaban J connectivity index is 1.86. The van der Waals surface area contributed by atoms with Gasteiger partial charge in [-0.15, -0.1) is 0 Å². The zero-order chi connectivity index (χ0) is 12.4. The van der Waals surface area contributed by atoms with Crippen molar-refractivity contribution in [2.45, 2.75) is 0 Å². The van der Waals surface area contributed by atoms with Gasteiger partial charge in [0.15, 0.2) is 0 Å². The maximum atomic E-state index is 11.8. The lowest BCUT2D eigenvalue weighted by atomic mass is 10.2. The molecular weight excluding hydrogens is 230 g/mol. The molecule has 0 spiro atoms. The van der Waals surface area contributed by atoms with Gasteiger partial charge in [0.25, 0.3) is 0 Å². The number of aromatic nitrogens is 3. The average Bonchev–Trinajstić information content (AvgIpc) is 2.87. The van der Waals surface area contributed by atoms with E-state index in [1.54, 1.807) is 49.1 Å². The predicted molar refractivity (Wildman–Crippen MR) is 65.3 cm³/mol. The Hall–Kier alpha value is -2.69.